The van der Waals surface area contributed by atoms with E-state index in [2.05, 4.69) is 25.1 Å². The molecule has 3 fully saturated rings. The van der Waals surface area contributed by atoms with Crippen LogP contribution in [0.5, 0.6) is 6.01 Å². The van der Waals surface area contributed by atoms with Crippen LogP contribution in [-0.4, -0.2) is 116 Å². The van der Waals surface area contributed by atoms with Gasteiger partial charge in [-0.15, -0.1) is 0 Å². The Kier molecular flexibility index (Phi) is 10.1. The van der Waals surface area contributed by atoms with Crippen molar-refractivity contribution in [2.24, 2.45) is 5.92 Å². The van der Waals surface area contributed by atoms with Crippen molar-refractivity contribution in [1.82, 2.24) is 30.0 Å². The molecule has 0 unspecified atom stereocenters. The summed E-state index contributed by atoms with van der Waals surface area (Å²) in [6, 6.07) is 1.84. The van der Waals surface area contributed by atoms with Gasteiger partial charge >= 0.3 is 18.2 Å². The van der Waals surface area contributed by atoms with E-state index in [-0.39, 0.29) is 29.7 Å². The molecule has 5 aliphatic heterocycles. The van der Waals surface area contributed by atoms with Crippen molar-refractivity contribution in [2.75, 3.05) is 50.9 Å². The number of nitrogens with zero attached hydrogens (tertiary/aromatic N) is 6. The van der Waals surface area contributed by atoms with Crippen LogP contribution in [-0.2, 0) is 16.0 Å². The highest BCUT2D eigenvalue weighted by atomic mass is 35.5. The Bertz CT molecular complexity index is 1970. The number of aliphatic hydroxyl groups is 1. The molecule has 18 heteroatoms. The summed E-state index contributed by atoms with van der Waals surface area (Å²) in [6.07, 6.45) is 1.67. The highest BCUT2D eigenvalue weighted by Gasteiger charge is 2.49. The zero-order valence-electron chi connectivity index (χ0n) is 27.9. The molecule has 12 nitrogen and oxygen atoms in total. The number of aliphatic hydroxyl groups excluding tert-OH is 1. The number of rotatable bonds is 3. The standard InChI is InChI=1S/C32H36ClF2N7O3.C2HF3O2/c33-24-9-25-22(12-37-40-25)26-21(24)4-1-2-7-44-16-18-8-20(43)15-41(13-18)30-23-11-36-29(26)27(35)28(23)38-31(39-30)45-17-32-5-3-6-42(32)14-19(34)10-32;3-2(4,5)1(6)7/h9,11-12,18-20,43H,1-8,10,13-17H2,(H,37,40);(H,6,7)/t18-,19-,20-,32+;/m1./s1. The number of piperidine rings is 1. The average molecular weight is 754 g/mol. The smallest absolute Gasteiger partial charge is 0.475 e. The van der Waals surface area contributed by atoms with Gasteiger partial charge in [-0.1, -0.05) is 11.6 Å². The highest BCUT2D eigenvalue weighted by Crippen LogP contribution is 2.42. The van der Waals surface area contributed by atoms with Crippen LogP contribution in [0.2, 0.25) is 5.02 Å². The number of nitrogens with one attached hydrogen (secondary N) is 1. The molecule has 0 spiro atoms. The summed E-state index contributed by atoms with van der Waals surface area (Å²) < 4.78 is 75.5. The van der Waals surface area contributed by atoms with Gasteiger partial charge in [-0.2, -0.15) is 28.2 Å². The lowest BCUT2D eigenvalue weighted by Gasteiger charge is -2.37. The molecule has 8 heterocycles. The number of hydrogen-bond donors (Lipinski definition) is 3. The maximum Gasteiger partial charge on any atom is 0.490 e. The molecule has 3 N–H and O–H groups in total. The SMILES string of the molecule is O=C(O)C(F)(F)F.O[C@@H]1C[C@H]2COCCCCc3c(Cl)cc4[nH]ncc4c3-c3ncc4c(nc(OC[C@@]56CCCN5C[C@H](F)C6)nc4c3F)N(C1)C2. The van der Waals surface area contributed by atoms with Gasteiger partial charge in [0.25, 0.3) is 0 Å². The molecule has 6 bridgehead atoms. The van der Waals surface area contributed by atoms with Crippen molar-refractivity contribution < 1.29 is 46.4 Å². The maximum absolute atomic E-state index is 17.0. The van der Waals surface area contributed by atoms with Crippen LogP contribution in [0, 0.1) is 11.7 Å². The Morgan fingerprint density at radius 3 is 2.75 bits per heavy atom. The van der Waals surface area contributed by atoms with Crippen LogP contribution >= 0.6 is 11.6 Å². The number of aliphatic carboxylic acids is 1. The summed E-state index contributed by atoms with van der Waals surface area (Å²) in [6.45, 7) is 3.40. The van der Waals surface area contributed by atoms with E-state index in [1.54, 1.807) is 12.4 Å². The van der Waals surface area contributed by atoms with Gasteiger partial charge in [-0.05, 0) is 56.7 Å². The zero-order chi connectivity index (χ0) is 36.8. The van der Waals surface area contributed by atoms with Gasteiger partial charge in [0.05, 0.1) is 35.3 Å². The third-order valence-electron chi connectivity index (χ3n) is 10.3. The van der Waals surface area contributed by atoms with Gasteiger partial charge in [0, 0.05) is 60.7 Å². The number of anilines is 1. The first-order valence-corrected chi connectivity index (χ1v) is 17.5. The van der Waals surface area contributed by atoms with Crippen molar-refractivity contribution in [2.45, 2.75) is 68.9 Å². The molecule has 1 aromatic carbocycles. The predicted octanol–water partition coefficient (Wildman–Crippen LogP) is 5.49. The molecular weight excluding hydrogens is 717 g/mol. The van der Waals surface area contributed by atoms with E-state index < -0.39 is 35.8 Å². The van der Waals surface area contributed by atoms with Gasteiger partial charge < -0.3 is 24.6 Å². The number of aromatic amines is 1. The number of aromatic nitrogens is 5. The minimum atomic E-state index is -5.08. The van der Waals surface area contributed by atoms with E-state index in [4.69, 9.17) is 36.0 Å². The lowest BCUT2D eigenvalue weighted by molar-refractivity contribution is -0.192. The highest BCUT2D eigenvalue weighted by molar-refractivity contribution is 6.33. The number of carboxylic acid groups (broad SMARTS) is 1. The molecule has 3 aromatic heterocycles. The number of alkyl halides is 4. The van der Waals surface area contributed by atoms with Gasteiger partial charge in [-0.25, -0.2) is 13.6 Å². The molecule has 280 valence electrons. The molecule has 5 aliphatic rings. The molecule has 0 amide bonds. The second kappa shape index (κ2) is 14.5. The first-order valence-electron chi connectivity index (χ1n) is 17.2. The minimum absolute atomic E-state index is 0.0193. The second-order valence-electron chi connectivity index (χ2n) is 13.9. The van der Waals surface area contributed by atoms with Crippen molar-refractivity contribution >= 4 is 45.2 Å². The number of pyridine rings is 1. The molecule has 4 atom stereocenters. The summed E-state index contributed by atoms with van der Waals surface area (Å²) in [5.41, 5.74) is 1.83. The summed E-state index contributed by atoms with van der Waals surface area (Å²) in [7, 11) is 0. The molecule has 0 aliphatic carbocycles. The van der Waals surface area contributed by atoms with Crippen LogP contribution in [0.4, 0.5) is 27.8 Å². The maximum atomic E-state index is 17.0. The summed E-state index contributed by atoms with van der Waals surface area (Å²) in [5, 5.41) is 26.8. The molecule has 4 aromatic rings. The lowest BCUT2D eigenvalue weighted by atomic mass is 9.94. The van der Waals surface area contributed by atoms with Crippen LogP contribution in [0.1, 0.15) is 44.1 Å². The quantitative estimate of drug-likeness (QED) is 0.228. The molecular formula is C34H37ClF5N7O5. The number of benzene rings is 1. The van der Waals surface area contributed by atoms with E-state index in [1.807, 2.05) is 11.0 Å². The lowest BCUT2D eigenvalue weighted by Crippen LogP contribution is -2.45. The van der Waals surface area contributed by atoms with Gasteiger partial charge in [0.1, 0.15) is 29.8 Å². The van der Waals surface area contributed by atoms with Gasteiger partial charge in [0.15, 0.2) is 5.82 Å². The number of carbonyl (C=O) groups is 1. The number of fused-ring (bicyclic) bond motifs is 8. The molecule has 3 saturated heterocycles. The summed E-state index contributed by atoms with van der Waals surface area (Å²) in [5.74, 6) is -2.86. The predicted molar refractivity (Wildman–Crippen MR) is 180 cm³/mol. The van der Waals surface area contributed by atoms with E-state index in [0.717, 1.165) is 37.8 Å². The molecule has 9 rings (SSSR count). The average Bonchev–Trinajstić information content (AvgIpc) is 3.79. The minimum Gasteiger partial charge on any atom is -0.475 e. The number of H-pyrrole nitrogens is 1. The summed E-state index contributed by atoms with van der Waals surface area (Å²) >= 11 is 6.81. The Hall–Kier alpha value is -3.93. The Morgan fingerprint density at radius 1 is 1.15 bits per heavy atom. The van der Waals surface area contributed by atoms with E-state index in [9.17, 15) is 22.7 Å². The zero-order valence-corrected chi connectivity index (χ0v) is 28.7. The van der Waals surface area contributed by atoms with Crippen LogP contribution in [0.15, 0.2) is 18.5 Å². The first kappa shape index (κ1) is 36.4. The van der Waals surface area contributed by atoms with E-state index >= 15 is 4.39 Å². The van der Waals surface area contributed by atoms with Crippen molar-refractivity contribution in [3.8, 4) is 17.3 Å². The number of ether oxygens (including phenoxy) is 2. The fourth-order valence-electron chi connectivity index (χ4n) is 7.99. The Labute approximate surface area is 299 Å². The molecule has 0 radical (unpaired) electrons. The monoisotopic (exact) mass is 753 g/mol. The number of carboxylic acids is 1. The Morgan fingerprint density at radius 2 is 1.96 bits per heavy atom. The van der Waals surface area contributed by atoms with Crippen LogP contribution in [0.3, 0.4) is 0 Å². The van der Waals surface area contributed by atoms with E-state index in [0.29, 0.717) is 84.8 Å². The fourth-order valence-corrected chi connectivity index (χ4v) is 8.29. The van der Waals surface area contributed by atoms with Crippen molar-refractivity contribution in [3.05, 3.63) is 34.9 Å². The number of halogens is 6. The van der Waals surface area contributed by atoms with Crippen LogP contribution in [0.25, 0.3) is 33.1 Å². The molecule has 52 heavy (non-hydrogen) atoms. The van der Waals surface area contributed by atoms with Gasteiger partial charge in [-0.3, -0.25) is 15.0 Å². The van der Waals surface area contributed by atoms with Crippen LogP contribution < -0.4 is 9.64 Å². The Balaban J connectivity index is 0.000000548. The van der Waals surface area contributed by atoms with Crippen molar-refractivity contribution in [3.63, 3.8) is 0 Å². The topological polar surface area (TPSA) is 150 Å². The number of hydrogen-bond acceptors (Lipinski definition) is 10. The first-order chi connectivity index (χ1) is 24.8. The third-order valence-corrected chi connectivity index (χ3v) is 10.6. The van der Waals surface area contributed by atoms with E-state index in [1.165, 1.54) is 0 Å². The fraction of sp³-hybridized carbons (Fsp3) is 0.559. The normalized spacial score (nSPS) is 25.3. The van der Waals surface area contributed by atoms with Gasteiger partial charge in [0.2, 0.25) is 0 Å². The largest absolute Gasteiger partial charge is 0.490 e. The van der Waals surface area contributed by atoms with Crippen molar-refractivity contribution in [1.29, 1.82) is 0 Å². The molecule has 0 saturated carbocycles. The summed E-state index contributed by atoms with van der Waals surface area (Å²) in [4.78, 5) is 27.1. The third kappa shape index (κ3) is 7.19. The second-order valence-corrected chi connectivity index (χ2v) is 14.3.